The first kappa shape index (κ1) is 22.4. The van der Waals surface area contributed by atoms with Gasteiger partial charge in [0.05, 0.1) is 16.5 Å². The predicted molar refractivity (Wildman–Crippen MR) is 99.6 cm³/mol. The number of esters is 1. The molecule has 1 heterocycles. The molecular weight excluding hydrogens is 428 g/mol. The summed E-state index contributed by atoms with van der Waals surface area (Å²) in [7, 11) is 0. The number of carbonyl (C=O) groups is 1. The molecule has 0 aliphatic rings. The van der Waals surface area contributed by atoms with Gasteiger partial charge in [0.25, 0.3) is 0 Å². The number of benzene rings is 2. The maximum Gasteiger partial charge on any atom is 0.573 e. The molecular formula is C21H15F6NO3. The first-order valence-electron chi connectivity index (χ1n) is 8.83. The molecule has 3 aromatic rings. The van der Waals surface area contributed by atoms with Crippen molar-refractivity contribution in [3.8, 4) is 22.6 Å². The summed E-state index contributed by atoms with van der Waals surface area (Å²) >= 11 is 0. The molecule has 0 saturated heterocycles. The standard InChI is InChI=1S/C21H15F6NO3/c1-10-11(2)28-16-9-8-15(13-4-6-14(7-5-13)31-21(25,26)27)18(20(22,23)24)17(16)19(10)30-12(3)29/h4-9H,1-3H3. The van der Waals surface area contributed by atoms with Crippen molar-refractivity contribution in [3.63, 3.8) is 0 Å². The zero-order valence-electron chi connectivity index (χ0n) is 16.4. The van der Waals surface area contributed by atoms with Crippen molar-refractivity contribution in [2.24, 2.45) is 0 Å². The fourth-order valence-electron chi connectivity index (χ4n) is 3.17. The highest BCUT2D eigenvalue weighted by Crippen LogP contribution is 2.46. The van der Waals surface area contributed by atoms with E-state index in [4.69, 9.17) is 4.74 Å². The Morgan fingerprint density at radius 1 is 0.935 bits per heavy atom. The molecule has 3 rings (SSSR count). The van der Waals surface area contributed by atoms with E-state index in [0.29, 0.717) is 5.69 Å². The van der Waals surface area contributed by atoms with Crippen LogP contribution in [0.15, 0.2) is 36.4 Å². The first-order chi connectivity index (χ1) is 14.3. The molecule has 2 aromatic carbocycles. The maximum atomic E-state index is 14.2. The largest absolute Gasteiger partial charge is 0.573 e. The number of rotatable bonds is 3. The van der Waals surface area contributed by atoms with E-state index in [-0.39, 0.29) is 28.0 Å². The summed E-state index contributed by atoms with van der Waals surface area (Å²) < 4.78 is 88.5. The first-order valence-corrected chi connectivity index (χ1v) is 8.83. The number of hydrogen-bond acceptors (Lipinski definition) is 4. The second kappa shape index (κ2) is 7.75. The zero-order valence-corrected chi connectivity index (χ0v) is 16.4. The summed E-state index contributed by atoms with van der Waals surface area (Å²) in [4.78, 5) is 15.7. The highest BCUT2D eigenvalue weighted by molar-refractivity contribution is 5.97. The number of halogens is 6. The van der Waals surface area contributed by atoms with Crippen molar-refractivity contribution in [1.29, 1.82) is 0 Å². The third-order valence-corrected chi connectivity index (χ3v) is 4.51. The Balaban J connectivity index is 2.30. The summed E-state index contributed by atoms with van der Waals surface area (Å²) in [5.74, 6) is -1.64. The summed E-state index contributed by atoms with van der Waals surface area (Å²) in [6, 6.07) is 6.50. The lowest BCUT2D eigenvalue weighted by atomic mass is 9.93. The van der Waals surface area contributed by atoms with E-state index >= 15 is 0 Å². The molecule has 0 unspecified atom stereocenters. The normalized spacial score (nSPS) is 12.2. The Morgan fingerprint density at radius 2 is 1.55 bits per heavy atom. The number of fused-ring (bicyclic) bond motifs is 1. The lowest BCUT2D eigenvalue weighted by molar-refractivity contribution is -0.274. The molecule has 31 heavy (non-hydrogen) atoms. The minimum absolute atomic E-state index is 0.00393. The summed E-state index contributed by atoms with van der Waals surface area (Å²) in [5.41, 5.74) is -0.806. The smallest absolute Gasteiger partial charge is 0.426 e. The van der Waals surface area contributed by atoms with E-state index in [1.54, 1.807) is 6.92 Å². The molecule has 0 aliphatic carbocycles. The average molecular weight is 443 g/mol. The molecule has 0 spiro atoms. The molecule has 0 bridgehead atoms. The Hall–Kier alpha value is -3.30. The summed E-state index contributed by atoms with van der Waals surface area (Å²) in [5, 5.41) is -0.404. The van der Waals surface area contributed by atoms with Crippen LogP contribution in [0.4, 0.5) is 26.3 Å². The van der Waals surface area contributed by atoms with Crippen molar-refractivity contribution in [1.82, 2.24) is 4.98 Å². The Labute approximate surface area is 172 Å². The molecule has 10 heteroatoms. The van der Waals surface area contributed by atoms with Gasteiger partial charge in [0.15, 0.2) is 0 Å². The van der Waals surface area contributed by atoms with Crippen LogP contribution in [0.5, 0.6) is 11.5 Å². The molecule has 1 aromatic heterocycles. The van der Waals surface area contributed by atoms with Gasteiger partial charge in [0, 0.05) is 18.2 Å². The number of aromatic nitrogens is 1. The van der Waals surface area contributed by atoms with Gasteiger partial charge in [-0.2, -0.15) is 13.2 Å². The van der Waals surface area contributed by atoms with E-state index in [1.165, 1.54) is 19.1 Å². The number of pyridine rings is 1. The van der Waals surface area contributed by atoms with Crippen LogP contribution in [-0.2, 0) is 11.0 Å². The van der Waals surface area contributed by atoms with Crippen LogP contribution in [-0.4, -0.2) is 17.3 Å². The van der Waals surface area contributed by atoms with Gasteiger partial charge in [-0.25, -0.2) is 0 Å². The molecule has 0 saturated carbocycles. The number of nitrogens with zero attached hydrogens (tertiary/aromatic N) is 1. The second-order valence-corrected chi connectivity index (χ2v) is 6.70. The molecule has 4 nitrogen and oxygen atoms in total. The van der Waals surface area contributed by atoms with Crippen LogP contribution < -0.4 is 9.47 Å². The van der Waals surface area contributed by atoms with Gasteiger partial charge in [-0.3, -0.25) is 9.78 Å². The summed E-state index contributed by atoms with van der Waals surface area (Å²) in [6.45, 7) is 4.12. The van der Waals surface area contributed by atoms with Gasteiger partial charge in [-0.15, -0.1) is 13.2 Å². The van der Waals surface area contributed by atoms with Crippen molar-refractivity contribution < 1.29 is 40.6 Å². The fourth-order valence-corrected chi connectivity index (χ4v) is 3.17. The van der Waals surface area contributed by atoms with E-state index < -0.39 is 35.2 Å². The van der Waals surface area contributed by atoms with Crippen LogP contribution >= 0.6 is 0 Å². The Bertz CT molecular complexity index is 1150. The van der Waals surface area contributed by atoms with Crippen molar-refractivity contribution in [2.75, 3.05) is 0 Å². The molecule has 0 aliphatic heterocycles. The van der Waals surface area contributed by atoms with Crippen LogP contribution in [0, 0.1) is 13.8 Å². The minimum Gasteiger partial charge on any atom is -0.426 e. The third kappa shape index (κ3) is 4.73. The van der Waals surface area contributed by atoms with Crippen molar-refractivity contribution >= 4 is 16.9 Å². The van der Waals surface area contributed by atoms with E-state index in [2.05, 4.69) is 9.72 Å². The van der Waals surface area contributed by atoms with Gasteiger partial charge >= 0.3 is 18.5 Å². The topological polar surface area (TPSA) is 48.4 Å². The number of aryl methyl sites for hydroxylation is 1. The SMILES string of the molecule is CC(=O)Oc1c(C)c(C)nc2ccc(-c3ccc(OC(F)(F)F)cc3)c(C(F)(F)F)c12. The van der Waals surface area contributed by atoms with E-state index in [9.17, 15) is 31.1 Å². The average Bonchev–Trinajstić information content (AvgIpc) is 2.63. The Morgan fingerprint density at radius 3 is 2.06 bits per heavy atom. The van der Waals surface area contributed by atoms with E-state index in [0.717, 1.165) is 31.2 Å². The predicted octanol–water partition coefficient (Wildman–Crippen LogP) is 6.36. The van der Waals surface area contributed by atoms with Crippen molar-refractivity contribution in [2.45, 2.75) is 33.3 Å². The zero-order chi connectivity index (χ0) is 23.1. The van der Waals surface area contributed by atoms with Crippen LogP contribution in [0.3, 0.4) is 0 Å². The Kier molecular flexibility index (Phi) is 5.60. The van der Waals surface area contributed by atoms with Gasteiger partial charge in [0.1, 0.15) is 11.5 Å². The molecule has 0 atom stereocenters. The van der Waals surface area contributed by atoms with E-state index in [1.807, 2.05) is 0 Å². The number of alkyl halides is 6. The van der Waals surface area contributed by atoms with Gasteiger partial charge < -0.3 is 9.47 Å². The minimum atomic E-state index is -4.93. The molecule has 164 valence electrons. The van der Waals surface area contributed by atoms with Gasteiger partial charge in [-0.05, 0) is 43.2 Å². The van der Waals surface area contributed by atoms with Crippen LogP contribution in [0.1, 0.15) is 23.7 Å². The third-order valence-electron chi connectivity index (χ3n) is 4.51. The summed E-state index contributed by atoms with van der Waals surface area (Å²) in [6.07, 6.45) is -9.81. The van der Waals surface area contributed by atoms with Gasteiger partial charge in [0.2, 0.25) is 0 Å². The number of carbonyl (C=O) groups excluding carboxylic acids is 1. The lowest BCUT2D eigenvalue weighted by Gasteiger charge is -2.20. The molecule has 0 amide bonds. The van der Waals surface area contributed by atoms with Crippen LogP contribution in [0.2, 0.25) is 0 Å². The highest BCUT2D eigenvalue weighted by Gasteiger charge is 2.38. The quantitative estimate of drug-likeness (QED) is 0.349. The number of hydrogen-bond donors (Lipinski definition) is 0. The van der Waals surface area contributed by atoms with Crippen LogP contribution in [0.25, 0.3) is 22.0 Å². The maximum absolute atomic E-state index is 14.2. The monoisotopic (exact) mass is 443 g/mol. The fraction of sp³-hybridized carbons (Fsp3) is 0.238. The molecule has 0 fully saturated rings. The highest BCUT2D eigenvalue weighted by atomic mass is 19.4. The molecule has 0 N–H and O–H groups in total. The molecule has 0 radical (unpaired) electrons. The lowest BCUT2D eigenvalue weighted by Crippen LogP contribution is -2.17. The second-order valence-electron chi connectivity index (χ2n) is 6.70. The van der Waals surface area contributed by atoms with Crippen molar-refractivity contribution in [3.05, 3.63) is 53.2 Å². The number of ether oxygens (including phenoxy) is 2. The van der Waals surface area contributed by atoms with Gasteiger partial charge in [-0.1, -0.05) is 18.2 Å².